The van der Waals surface area contributed by atoms with Crippen LogP contribution in [0.3, 0.4) is 0 Å². The fraction of sp³-hybridized carbons (Fsp3) is 0.938. The molecule has 21 heavy (non-hydrogen) atoms. The zero-order valence-corrected chi connectivity index (χ0v) is 15.7. The molecule has 0 radical (unpaired) electrons. The summed E-state index contributed by atoms with van der Waals surface area (Å²) in [6.45, 7) is 6.34. The second kappa shape index (κ2) is 8.56. The lowest BCUT2D eigenvalue weighted by Crippen LogP contribution is -2.47. The molecule has 0 amide bonds. The number of aliphatic imine (C=N–C) groups is 1. The molecule has 0 aromatic rings. The molecule has 0 spiro atoms. The van der Waals surface area contributed by atoms with E-state index in [1.807, 2.05) is 7.05 Å². The molecule has 3 fully saturated rings. The van der Waals surface area contributed by atoms with Gasteiger partial charge in [0, 0.05) is 32.7 Å². The molecule has 1 saturated carbocycles. The quantitative estimate of drug-likeness (QED) is 0.444. The van der Waals surface area contributed by atoms with Crippen molar-refractivity contribution in [2.45, 2.75) is 51.0 Å². The Balaban J connectivity index is 0.00000161. The van der Waals surface area contributed by atoms with E-state index in [0.29, 0.717) is 6.04 Å². The first-order valence-corrected chi connectivity index (χ1v) is 8.56. The summed E-state index contributed by atoms with van der Waals surface area (Å²) in [5.74, 6) is 1.99. The number of halogens is 1. The number of guanidine groups is 1. The Morgan fingerprint density at radius 3 is 2.43 bits per heavy atom. The van der Waals surface area contributed by atoms with E-state index in [1.165, 1.54) is 77.7 Å². The van der Waals surface area contributed by atoms with Gasteiger partial charge in [-0.1, -0.05) is 6.42 Å². The first-order valence-electron chi connectivity index (χ1n) is 8.56. The van der Waals surface area contributed by atoms with Crippen LogP contribution in [0, 0.1) is 5.92 Å². The topological polar surface area (TPSA) is 30.9 Å². The van der Waals surface area contributed by atoms with Gasteiger partial charge in [0.2, 0.25) is 0 Å². The highest BCUT2D eigenvalue weighted by Gasteiger charge is 2.28. The third-order valence-corrected chi connectivity index (χ3v) is 5.20. The van der Waals surface area contributed by atoms with E-state index in [2.05, 4.69) is 20.1 Å². The van der Waals surface area contributed by atoms with Crippen molar-refractivity contribution in [3.63, 3.8) is 0 Å². The lowest BCUT2D eigenvalue weighted by Gasteiger charge is -2.32. The average molecular weight is 406 g/mol. The van der Waals surface area contributed by atoms with Gasteiger partial charge in [0.25, 0.3) is 0 Å². The number of nitrogens with one attached hydrogen (secondary N) is 1. The minimum absolute atomic E-state index is 0. The van der Waals surface area contributed by atoms with Crippen molar-refractivity contribution in [1.82, 2.24) is 15.1 Å². The molecule has 0 aromatic carbocycles. The SMILES string of the molecule is CN=C(NC1CCC1)N1CCC(CN2CCCCC2)C1.I. The Hall–Kier alpha value is -0.0400. The molecule has 4 nitrogen and oxygen atoms in total. The highest BCUT2D eigenvalue weighted by atomic mass is 127. The third-order valence-electron chi connectivity index (χ3n) is 5.20. The van der Waals surface area contributed by atoms with Crippen LogP contribution >= 0.6 is 24.0 Å². The van der Waals surface area contributed by atoms with Gasteiger partial charge in [-0.2, -0.15) is 0 Å². The summed E-state index contributed by atoms with van der Waals surface area (Å²) in [7, 11) is 1.93. The summed E-state index contributed by atoms with van der Waals surface area (Å²) in [6.07, 6.45) is 9.61. The Morgan fingerprint density at radius 2 is 1.81 bits per heavy atom. The van der Waals surface area contributed by atoms with Crippen LogP contribution in [0.25, 0.3) is 0 Å². The lowest BCUT2D eigenvalue weighted by atomic mass is 9.93. The number of likely N-dealkylation sites (tertiary alicyclic amines) is 2. The maximum absolute atomic E-state index is 4.49. The second-order valence-corrected chi connectivity index (χ2v) is 6.78. The summed E-state index contributed by atoms with van der Waals surface area (Å²) in [4.78, 5) is 9.65. The maximum Gasteiger partial charge on any atom is 0.193 e. The van der Waals surface area contributed by atoms with Gasteiger partial charge in [-0.05, 0) is 57.5 Å². The molecule has 122 valence electrons. The fourth-order valence-corrected chi connectivity index (χ4v) is 3.71. The molecule has 5 heteroatoms. The fourth-order valence-electron chi connectivity index (χ4n) is 3.71. The first kappa shape index (κ1) is 17.3. The van der Waals surface area contributed by atoms with E-state index in [-0.39, 0.29) is 24.0 Å². The van der Waals surface area contributed by atoms with Gasteiger partial charge in [-0.3, -0.25) is 4.99 Å². The molecule has 1 aliphatic carbocycles. The molecule has 2 saturated heterocycles. The molecule has 1 atom stereocenters. The number of piperidine rings is 1. The average Bonchev–Trinajstić information content (AvgIpc) is 2.87. The van der Waals surface area contributed by atoms with Crippen molar-refractivity contribution < 1.29 is 0 Å². The smallest absolute Gasteiger partial charge is 0.193 e. The Morgan fingerprint density at radius 1 is 1.05 bits per heavy atom. The number of hydrogen-bond acceptors (Lipinski definition) is 2. The maximum atomic E-state index is 4.49. The zero-order chi connectivity index (χ0) is 13.8. The summed E-state index contributed by atoms with van der Waals surface area (Å²) in [5, 5.41) is 3.63. The van der Waals surface area contributed by atoms with E-state index >= 15 is 0 Å². The van der Waals surface area contributed by atoms with Crippen LogP contribution in [-0.2, 0) is 0 Å². The van der Waals surface area contributed by atoms with E-state index in [1.54, 1.807) is 0 Å². The number of hydrogen-bond donors (Lipinski definition) is 1. The Bertz CT molecular complexity index is 337. The van der Waals surface area contributed by atoms with Gasteiger partial charge < -0.3 is 15.1 Å². The van der Waals surface area contributed by atoms with Crippen LogP contribution in [0.5, 0.6) is 0 Å². The molecule has 2 heterocycles. The molecule has 0 aromatic heterocycles. The predicted molar refractivity (Wildman–Crippen MR) is 99.5 cm³/mol. The third kappa shape index (κ3) is 4.71. The van der Waals surface area contributed by atoms with Gasteiger partial charge >= 0.3 is 0 Å². The molecule has 3 rings (SSSR count). The van der Waals surface area contributed by atoms with E-state index in [9.17, 15) is 0 Å². The number of rotatable bonds is 3. The van der Waals surface area contributed by atoms with Crippen molar-refractivity contribution in [2.24, 2.45) is 10.9 Å². The molecular weight excluding hydrogens is 375 g/mol. The van der Waals surface area contributed by atoms with Crippen molar-refractivity contribution in [2.75, 3.05) is 39.8 Å². The summed E-state index contributed by atoms with van der Waals surface area (Å²) >= 11 is 0. The number of nitrogens with zero attached hydrogens (tertiary/aromatic N) is 3. The molecular formula is C16H31IN4. The van der Waals surface area contributed by atoms with Gasteiger partial charge in [-0.15, -0.1) is 24.0 Å². The molecule has 2 aliphatic heterocycles. The standard InChI is InChI=1S/C16H30N4.HI/c1-17-16(18-15-6-5-7-15)20-11-8-14(13-20)12-19-9-3-2-4-10-19;/h14-15H,2-13H2,1H3,(H,17,18);1H. The lowest BCUT2D eigenvalue weighted by molar-refractivity contribution is 0.198. The molecule has 3 aliphatic rings. The monoisotopic (exact) mass is 406 g/mol. The molecule has 0 bridgehead atoms. The second-order valence-electron chi connectivity index (χ2n) is 6.78. The van der Waals surface area contributed by atoms with Crippen molar-refractivity contribution in [1.29, 1.82) is 0 Å². The van der Waals surface area contributed by atoms with Crippen molar-refractivity contribution in [3.8, 4) is 0 Å². The van der Waals surface area contributed by atoms with Gasteiger partial charge in [0.05, 0.1) is 0 Å². The highest BCUT2D eigenvalue weighted by molar-refractivity contribution is 14.0. The summed E-state index contributed by atoms with van der Waals surface area (Å²) in [6, 6.07) is 0.690. The highest BCUT2D eigenvalue weighted by Crippen LogP contribution is 2.22. The van der Waals surface area contributed by atoms with Crippen molar-refractivity contribution in [3.05, 3.63) is 0 Å². The minimum atomic E-state index is 0. The van der Waals surface area contributed by atoms with Crippen LogP contribution in [0.15, 0.2) is 4.99 Å². The van der Waals surface area contributed by atoms with E-state index in [4.69, 9.17) is 0 Å². The largest absolute Gasteiger partial charge is 0.354 e. The van der Waals surface area contributed by atoms with Gasteiger partial charge in [0.15, 0.2) is 5.96 Å². The van der Waals surface area contributed by atoms with Gasteiger partial charge in [-0.25, -0.2) is 0 Å². The molecule has 1 N–H and O–H groups in total. The predicted octanol–water partition coefficient (Wildman–Crippen LogP) is 2.54. The van der Waals surface area contributed by atoms with Crippen LogP contribution in [0.2, 0.25) is 0 Å². The van der Waals surface area contributed by atoms with E-state index < -0.39 is 0 Å². The summed E-state index contributed by atoms with van der Waals surface area (Å²) in [5.41, 5.74) is 0. The first-order chi connectivity index (χ1) is 9.85. The summed E-state index contributed by atoms with van der Waals surface area (Å²) < 4.78 is 0. The van der Waals surface area contributed by atoms with Crippen LogP contribution in [-0.4, -0.2) is 61.6 Å². The Kier molecular flexibility index (Phi) is 7.05. The van der Waals surface area contributed by atoms with Crippen LogP contribution in [0.4, 0.5) is 0 Å². The van der Waals surface area contributed by atoms with Crippen LogP contribution < -0.4 is 5.32 Å². The van der Waals surface area contributed by atoms with Crippen molar-refractivity contribution >= 4 is 29.9 Å². The van der Waals surface area contributed by atoms with Gasteiger partial charge in [0.1, 0.15) is 0 Å². The zero-order valence-electron chi connectivity index (χ0n) is 13.4. The normalized spacial score (nSPS) is 28.1. The minimum Gasteiger partial charge on any atom is -0.354 e. The Labute approximate surface area is 146 Å². The van der Waals surface area contributed by atoms with Crippen LogP contribution in [0.1, 0.15) is 44.9 Å². The van der Waals surface area contributed by atoms with E-state index in [0.717, 1.165) is 11.9 Å². The molecule has 1 unspecified atom stereocenters.